The largest absolute Gasteiger partial charge is 0.367 e. The van der Waals surface area contributed by atoms with Crippen LogP contribution in [-0.2, 0) is 0 Å². The highest BCUT2D eigenvalue weighted by atomic mass is 15.3. The molecule has 2 atom stereocenters. The maximum absolute atomic E-state index is 5.34. The highest BCUT2D eigenvalue weighted by Crippen LogP contribution is 2.30. The Morgan fingerprint density at radius 2 is 1.89 bits per heavy atom. The Labute approximate surface area is 109 Å². The van der Waals surface area contributed by atoms with E-state index in [9.17, 15) is 0 Å². The van der Waals surface area contributed by atoms with Gasteiger partial charge in [-0.1, -0.05) is 13.8 Å². The number of nitrogens with zero attached hydrogens (tertiary/aromatic N) is 2. The van der Waals surface area contributed by atoms with E-state index in [0.29, 0.717) is 12.0 Å². The number of nitrogens with one attached hydrogen (secondary N) is 2. The van der Waals surface area contributed by atoms with E-state index in [1.54, 1.807) is 6.20 Å². The summed E-state index contributed by atoms with van der Waals surface area (Å²) in [6, 6.07) is 0.503. The van der Waals surface area contributed by atoms with Crippen LogP contribution in [0.3, 0.4) is 0 Å². The second-order valence-electron chi connectivity index (χ2n) is 5.63. The second kappa shape index (κ2) is 5.52. The molecule has 5 nitrogen and oxygen atoms in total. The molecule has 2 unspecified atom stereocenters. The molecular formula is C13H23N5. The van der Waals surface area contributed by atoms with Gasteiger partial charge in [0.05, 0.1) is 0 Å². The average molecular weight is 249 g/mol. The van der Waals surface area contributed by atoms with E-state index < -0.39 is 0 Å². The maximum Gasteiger partial charge on any atom is 0.239 e. The fourth-order valence-corrected chi connectivity index (χ4v) is 2.92. The maximum atomic E-state index is 5.34. The lowest BCUT2D eigenvalue weighted by Crippen LogP contribution is -2.31. The van der Waals surface area contributed by atoms with Crippen molar-refractivity contribution < 1.29 is 0 Å². The Hall–Kier alpha value is -1.36. The van der Waals surface area contributed by atoms with Crippen LogP contribution in [-0.4, -0.2) is 16.0 Å². The van der Waals surface area contributed by atoms with Crippen molar-refractivity contribution in [2.75, 3.05) is 10.7 Å². The van der Waals surface area contributed by atoms with Gasteiger partial charge in [0.15, 0.2) is 0 Å². The highest BCUT2D eigenvalue weighted by Gasteiger charge is 2.24. The SMILES string of the molecule is Cc1cnc(NN)nc1NC1CC(C)CC(C)C1. The quantitative estimate of drug-likeness (QED) is 0.566. The molecule has 0 aliphatic heterocycles. The molecule has 1 heterocycles. The number of anilines is 2. The predicted octanol–water partition coefficient (Wildman–Crippen LogP) is 2.31. The first-order valence-corrected chi connectivity index (χ1v) is 6.65. The van der Waals surface area contributed by atoms with Crippen LogP contribution < -0.4 is 16.6 Å². The van der Waals surface area contributed by atoms with Crippen LogP contribution in [0.5, 0.6) is 0 Å². The van der Waals surface area contributed by atoms with Gasteiger partial charge in [0.1, 0.15) is 5.82 Å². The minimum Gasteiger partial charge on any atom is -0.367 e. The van der Waals surface area contributed by atoms with Crippen molar-refractivity contribution in [2.24, 2.45) is 17.7 Å². The normalized spacial score (nSPS) is 27.9. The molecule has 1 aliphatic carbocycles. The summed E-state index contributed by atoms with van der Waals surface area (Å²) in [4.78, 5) is 8.47. The summed E-state index contributed by atoms with van der Waals surface area (Å²) in [5, 5.41) is 3.54. The van der Waals surface area contributed by atoms with Crippen molar-refractivity contribution in [1.82, 2.24) is 9.97 Å². The molecule has 5 heteroatoms. The minimum atomic E-state index is 0.458. The van der Waals surface area contributed by atoms with Gasteiger partial charge in [-0.2, -0.15) is 4.98 Å². The number of rotatable bonds is 3. The van der Waals surface area contributed by atoms with Crippen LogP contribution in [0.2, 0.25) is 0 Å². The molecule has 1 aliphatic rings. The van der Waals surface area contributed by atoms with Gasteiger partial charge in [-0.25, -0.2) is 10.8 Å². The van der Waals surface area contributed by atoms with E-state index in [1.165, 1.54) is 19.3 Å². The van der Waals surface area contributed by atoms with Crippen molar-refractivity contribution in [3.8, 4) is 0 Å². The van der Waals surface area contributed by atoms with Crippen LogP contribution in [0.15, 0.2) is 6.20 Å². The Morgan fingerprint density at radius 3 is 2.50 bits per heavy atom. The smallest absolute Gasteiger partial charge is 0.239 e. The Bertz CT molecular complexity index is 396. The van der Waals surface area contributed by atoms with Crippen molar-refractivity contribution in [1.29, 1.82) is 0 Å². The molecule has 0 amide bonds. The van der Waals surface area contributed by atoms with E-state index in [0.717, 1.165) is 23.2 Å². The van der Waals surface area contributed by atoms with Gasteiger partial charge in [0.2, 0.25) is 5.95 Å². The van der Waals surface area contributed by atoms with Gasteiger partial charge in [0, 0.05) is 17.8 Å². The molecule has 1 aromatic heterocycles. The molecule has 1 saturated carbocycles. The molecule has 100 valence electrons. The minimum absolute atomic E-state index is 0.458. The topological polar surface area (TPSA) is 75.9 Å². The van der Waals surface area contributed by atoms with E-state index in [2.05, 4.69) is 34.6 Å². The molecule has 0 spiro atoms. The van der Waals surface area contributed by atoms with Gasteiger partial charge in [0.25, 0.3) is 0 Å². The summed E-state index contributed by atoms with van der Waals surface area (Å²) < 4.78 is 0. The summed E-state index contributed by atoms with van der Waals surface area (Å²) >= 11 is 0. The van der Waals surface area contributed by atoms with Crippen LogP contribution in [0.4, 0.5) is 11.8 Å². The first-order valence-electron chi connectivity index (χ1n) is 6.65. The fraction of sp³-hybridized carbons (Fsp3) is 0.692. The molecule has 0 aromatic carbocycles. The molecule has 0 radical (unpaired) electrons. The van der Waals surface area contributed by atoms with Crippen LogP contribution >= 0.6 is 0 Å². The van der Waals surface area contributed by atoms with Crippen molar-refractivity contribution >= 4 is 11.8 Å². The molecule has 18 heavy (non-hydrogen) atoms. The van der Waals surface area contributed by atoms with Gasteiger partial charge in [-0.15, -0.1) is 0 Å². The van der Waals surface area contributed by atoms with E-state index >= 15 is 0 Å². The number of nitrogens with two attached hydrogens (primary N) is 1. The molecular weight excluding hydrogens is 226 g/mol. The Balaban J connectivity index is 2.08. The molecule has 1 aromatic rings. The number of aromatic nitrogens is 2. The van der Waals surface area contributed by atoms with Crippen LogP contribution in [0.1, 0.15) is 38.7 Å². The third kappa shape index (κ3) is 3.10. The second-order valence-corrected chi connectivity index (χ2v) is 5.63. The molecule has 0 saturated heterocycles. The zero-order valence-electron chi connectivity index (χ0n) is 11.4. The van der Waals surface area contributed by atoms with Gasteiger partial charge < -0.3 is 5.32 Å². The zero-order chi connectivity index (χ0) is 13.1. The van der Waals surface area contributed by atoms with Gasteiger partial charge in [-0.3, -0.25) is 5.43 Å². The van der Waals surface area contributed by atoms with Gasteiger partial charge in [-0.05, 0) is 38.0 Å². The van der Waals surface area contributed by atoms with E-state index in [-0.39, 0.29) is 0 Å². The molecule has 1 fully saturated rings. The number of aryl methyl sites for hydroxylation is 1. The lowest BCUT2D eigenvalue weighted by atomic mass is 9.80. The predicted molar refractivity (Wildman–Crippen MR) is 74.2 cm³/mol. The lowest BCUT2D eigenvalue weighted by Gasteiger charge is -2.32. The fourth-order valence-electron chi connectivity index (χ4n) is 2.92. The average Bonchev–Trinajstić information content (AvgIpc) is 2.30. The Morgan fingerprint density at radius 1 is 1.22 bits per heavy atom. The van der Waals surface area contributed by atoms with Crippen molar-refractivity contribution in [2.45, 2.75) is 46.1 Å². The van der Waals surface area contributed by atoms with E-state index in [4.69, 9.17) is 5.84 Å². The molecule has 0 bridgehead atoms. The lowest BCUT2D eigenvalue weighted by molar-refractivity contribution is 0.280. The van der Waals surface area contributed by atoms with E-state index in [1.807, 2.05) is 6.92 Å². The standard InChI is InChI=1S/C13H23N5/c1-8-4-9(2)6-11(5-8)16-12-10(3)7-15-13(17-12)18-14/h7-9,11H,4-6,14H2,1-3H3,(H2,15,16,17,18). The number of hydrogen-bond acceptors (Lipinski definition) is 5. The highest BCUT2D eigenvalue weighted by molar-refractivity contribution is 5.46. The van der Waals surface area contributed by atoms with Gasteiger partial charge >= 0.3 is 0 Å². The van der Waals surface area contributed by atoms with Crippen LogP contribution in [0, 0.1) is 18.8 Å². The molecule has 2 rings (SSSR count). The molecule has 4 N–H and O–H groups in total. The van der Waals surface area contributed by atoms with Crippen LogP contribution in [0.25, 0.3) is 0 Å². The monoisotopic (exact) mass is 249 g/mol. The summed E-state index contributed by atoms with van der Waals surface area (Å²) in [5.41, 5.74) is 3.54. The number of hydrazine groups is 1. The number of hydrogen-bond donors (Lipinski definition) is 3. The van der Waals surface area contributed by atoms with Crippen molar-refractivity contribution in [3.63, 3.8) is 0 Å². The zero-order valence-corrected chi connectivity index (χ0v) is 11.4. The first-order chi connectivity index (χ1) is 8.58. The summed E-state index contributed by atoms with van der Waals surface area (Å²) in [7, 11) is 0. The van der Waals surface area contributed by atoms with Crippen molar-refractivity contribution in [3.05, 3.63) is 11.8 Å². The summed E-state index contributed by atoms with van der Waals surface area (Å²) in [6.45, 7) is 6.66. The summed E-state index contributed by atoms with van der Waals surface area (Å²) in [5.74, 6) is 8.25. The third-order valence-corrected chi connectivity index (χ3v) is 3.62. The number of nitrogen functional groups attached to an aromatic ring is 1. The summed E-state index contributed by atoms with van der Waals surface area (Å²) in [6.07, 6.45) is 5.54. The first kappa shape index (κ1) is 13.1. The Kier molecular flexibility index (Phi) is 4.01. The third-order valence-electron chi connectivity index (χ3n) is 3.62.